The van der Waals surface area contributed by atoms with Crippen LogP contribution < -0.4 is 0 Å². The summed E-state index contributed by atoms with van der Waals surface area (Å²) in [5.41, 5.74) is 2.38. The molecule has 0 saturated carbocycles. The molecule has 0 aliphatic heterocycles. The van der Waals surface area contributed by atoms with Crippen LogP contribution >= 0.6 is 0 Å². The zero-order valence-electron chi connectivity index (χ0n) is 13.8. The van der Waals surface area contributed by atoms with Crippen molar-refractivity contribution in [2.45, 2.75) is 25.7 Å². The zero-order valence-corrected chi connectivity index (χ0v) is 14.7. The van der Waals surface area contributed by atoms with E-state index >= 15 is 0 Å². The number of aryl methyl sites for hydroxylation is 2. The summed E-state index contributed by atoms with van der Waals surface area (Å²) in [5, 5.41) is 8.51. The third-order valence-corrected chi connectivity index (χ3v) is 3.62. The normalized spacial score (nSPS) is 10.8. The van der Waals surface area contributed by atoms with Crippen molar-refractivity contribution in [3.63, 3.8) is 0 Å². The van der Waals surface area contributed by atoms with E-state index in [1.807, 2.05) is 24.3 Å². The minimum atomic E-state index is -3.29. The number of aliphatic hydroxyl groups excluding tert-OH is 1. The first-order chi connectivity index (χ1) is 11.5. The van der Waals surface area contributed by atoms with E-state index in [9.17, 15) is 8.42 Å². The molecular formula is C17H24N2O4S. The minimum absolute atomic E-state index is 0.237. The van der Waals surface area contributed by atoms with Crippen molar-refractivity contribution in [2.24, 2.45) is 0 Å². The molecule has 0 aliphatic carbocycles. The lowest BCUT2D eigenvalue weighted by Gasteiger charge is -2.01. The Morgan fingerprint density at radius 3 is 1.79 bits per heavy atom. The van der Waals surface area contributed by atoms with Crippen molar-refractivity contribution in [3.8, 4) is 0 Å². The number of hydrogen-bond acceptors (Lipinski definition) is 6. The largest absolute Gasteiger partial charge is 0.396 e. The average Bonchev–Trinajstić information content (AvgIpc) is 2.59. The number of hydrogen-bond donors (Lipinski definition) is 1. The van der Waals surface area contributed by atoms with Gasteiger partial charge in [0.2, 0.25) is 0 Å². The van der Waals surface area contributed by atoms with E-state index in [2.05, 4.69) is 14.2 Å². The van der Waals surface area contributed by atoms with Crippen molar-refractivity contribution in [2.75, 3.05) is 19.5 Å². The maximum atomic E-state index is 10.6. The highest BCUT2D eigenvalue weighted by Gasteiger charge is 2.00. The molecule has 2 aromatic rings. The minimum Gasteiger partial charge on any atom is -0.396 e. The van der Waals surface area contributed by atoms with Crippen LogP contribution in [0.1, 0.15) is 24.0 Å². The summed E-state index contributed by atoms with van der Waals surface area (Å²) in [7, 11) is -3.29. The Bertz CT molecular complexity index is 649. The highest BCUT2D eigenvalue weighted by molar-refractivity contribution is 7.85. The molecule has 0 aliphatic rings. The zero-order chi connectivity index (χ0) is 17.7. The molecule has 0 radical (unpaired) electrons. The molecule has 0 fully saturated rings. The summed E-state index contributed by atoms with van der Waals surface area (Å²) in [6.07, 6.45) is 11.3. The van der Waals surface area contributed by atoms with Crippen molar-refractivity contribution >= 4 is 10.1 Å². The maximum absolute atomic E-state index is 10.6. The van der Waals surface area contributed by atoms with Crippen LogP contribution in [0.3, 0.4) is 0 Å². The lowest BCUT2D eigenvalue weighted by atomic mass is 10.1. The summed E-state index contributed by atoms with van der Waals surface area (Å²) >= 11 is 0. The third kappa shape index (κ3) is 10.8. The number of aliphatic hydroxyl groups is 1. The van der Waals surface area contributed by atoms with Crippen LogP contribution in [-0.2, 0) is 27.1 Å². The lowest BCUT2D eigenvalue weighted by Crippen LogP contribution is -2.04. The lowest BCUT2D eigenvalue weighted by molar-refractivity contribution is 0.288. The van der Waals surface area contributed by atoms with Gasteiger partial charge in [-0.1, -0.05) is 0 Å². The second-order valence-electron chi connectivity index (χ2n) is 5.17. The molecule has 1 N–H and O–H groups in total. The van der Waals surface area contributed by atoms with Crippen LogP contribution in [0.2, 0.25) is 0 Å². The first-order valence-corrected chi connectivity index (χ1v) is 9.56. The summed E-state index contributed by atoms with van der Waals surface area (Å²) in [6, 6.07) is 7.74. The molecule has 0 amide bonds. The topological polar surface area (TPSA) is 89.4 Å². The Kier molecular flexibility index (Phi) is 9.83. The van der Waals surface area contributed by atoms with Crippen LogP contribution in [0, 0.1) is 0 Å². The SMILES string of the molecule is CS(=O)(=O)OCCCc1ccncc1.OCCCc1ccncc1. The number of aromatic nitrogens is 2. The molecular weight excluding hydrogens is 328 g/mol. The molecule has 0 spiro atoms. The van der Waals surface area contributed by atoms with E-state index in [0.29, 0.717) is 6.42 Å². The Balaban J connectivity index is 0.000000254. The Morgan fingerprint density at radius 1 is 0.917 bits per heavy atom. The summed E-state index contributed by atoms with van der Waals surface area (Å²) in [6.45, 7) is 0.503. The van der Waals surface area contributed by atoms with Crippen LogP contribution in [0.5, 0.6) is 0 Å². The molecule has 2 rings (SSSR count). The fourth-order valence-corrected chi connectivity index (χ4v) is 2.29. The Morgan fingerprint density at radius 2 is 1.38 bits per heavy atom. The highest BCUT2D eigenvalue weighted by atomic mass is 32.2. The molecule has 0 bridgehead atoms. The van der Waals surface area contributed by atoms with Gasteiger partial charge in [0, 0.05) is 31.4 Å². The second-order valence-corrected chi connectivity index (χ2v) is 6.81. The smallest absolute Gasteiger partial charge is 0.264 e. The Labute approximate surface area is 143 Å². The number of rotatable bonds is 8. The standard InChI is InChI=1S/C9H13NO3S.C8H11NO/c1-14(11,12)13-8-2-3-9-4-6-10-7-5-9;10-7-1-2-8-3-5-9-6-4-8/h4-7H,2-3,8H2,1H3;3-6,10H,1-2,7H2. The van der Waals surface area contributed by atoms with Gasteiger partial charge in [0.15, 0.2) is 0 Å². The highest BCUT2D eigenvalue weighted by Crippen LogP contribution is 2.01. The van der Waals surface area contributed by atoms with Gasteiger partial charge < -0.3 is 5.11 Å². The van der Waals surface area contributed by atoms with Gasteiger partial charge in [-0.25, -0.2) is 0 Å². The van der Waals surface area contributed by atoms with Gasteiger partial charge in [0.05, 0.1) is 12.9 Å². The molecule has 0 saturated heterocycles. The van der Waals surface area contributed by atoms with Crippen molar-refractivity contribution in [3.05, 3.63) is 60.2 Å². The van der Waals surface area contributed by atoms with Crippen molar-refractivity contribution in [1.82, 2.24) is 9.97 Å². The van der Waals surface area contributed by atoms with Crippen molar-refractivity contribution in [1.29, 1.82) is 0 Å². The Hall–Kier alpha value is -1.83. The van der Waals surface area contributed by atoms with E-state index < -0.39 is 10.1 Å². The van der Waals surface area contributed by atoms with Gasteiger partial charge in [-0.15, -0.1) is 0 Å². The van der Waals surface area contributed by atoms with Gasteiger partial charge in [0.1, 0.15) is 0 Å². The molecule has 2 heterocycles. The quantitative estimate of drug-likeness (QED) is 0.577. The fourth-order valence-electron chi connectivity index (χ4n) is 1.87. The molecule has 7 heteroatoms. The molecule has 6 nitrogen and oxygen atoms in total. The third-order valence-electron chi connectivity index (χ3n) is 3.03. The van der Waals surface area contributed by atoms with Crippen LogP contribution in [0.4, 0.5) is 0 Å². The molecule has 0 atom stereocenters. The van der Waals surface area contributed by atoms with Gasteiger partial charge in [0.25, 0.3) is 10.1 Å². The van der Waals surface area contributed by atoms with Gasteiger partial charge in [-0.05, 0) is 61.1 Å². The maximum Gasteiger partial charge on any atom is 0.264 e. The van der Waals surface area contributed by atoms with Gasteiger partial charge in [-0.2, -0.15) is 8.42 Å². The van der Waals surface area contributed by atoms with Gasteiger partial charge in [-0.3, -0.25) is 14.2 Å². The number of pyridine rings is 2. The predicted octanol–water partition coefficient (Wildman–Crippen LogP) is 2.00. The van der Waals surface area contributed by atoms with Crippen LogP contribution in [-0.4, -0.2) is 43.0 Å². The summed E-state index contributed by atoms with van der Waals surface area (Å²) in [4.78, 5) is 7.78. The second kappa shape index (κ2) is 11.7. The fraction of sp³-hybridized carbons (Fsp3) is 0.412. The molecule has 0 unspecified atom stereocenters. The monoisotopic (exact) mass is 352 g/mol. The van der Waals surface area contributed by atoms with E-state index in [-0.39, 0.29) is 13.2 Å². The van der Waals surface area contributed by atoms with E-state index in [4.69, 9.17) is 5.11 Å². The summed E-state index contributed by atoms with van der Waals surface area (Å²) < 4.78 is 25.8. The molecule has 24 heavy (non-hydrogen) atoms. The average molecular weight is 352 g/mol. The van der Waals surface area contributed by atoms with E-state index in [1.54, 1.807) is 24.8 Å². The van der Waals surface area contributed by atoms with E-state index in [0.717, 1.165) is 31.1 Å². The summed E-state index contributed by atoms with van der Waals surface area (Å²) in [5.74, 6) is 0. The van der Waals surface area contributed by atoms with Gasteiger partial charge >= 0.3 is 0 Å². The number of nitrogens with zero attached hydrogens (tertiary/aromatic N) is 2. The molecule has 2 aromatic heterocycles. The van der Waals surface area contributed by atoms with E-state index in [1.165, 1.54) is 5.56 Å². The first-order valence-electron chi connectivity index (χ1n) is 7.74. The van der Waals surface area contributed by atoms with Crippen molar-refractivity contribution < 1.29 is 17.7 Å². The van der Waals surface area contributed by atoms with Crippen LogP contribution in [0.15, 0.2) is 49.1 Å². The molecule has 0 aromatic carbocycles. The first kappa shape index (κ1) is 20.2. The molecule has 132 valence electrons. The predicted molar refractivity (Wildman–Crippen MR) is 93.0 cm³/mol. The van der Waals surface area contributed by atoms with Crippen LogP contribution in [0.25, 0.3) is 0 Å².